The maximum Gasteiger partial charge on any atom is 0.267 e. The first kappa shape index (κ1) is 19.1. The van der Waals surface area contributed by atoms with Crippen LogP contribution in [0.15, 0.2) is 58.6 Å². The molecule has 8 nitrogen and oxygen atoms in total. The fourth-order valence-electron chi connectivity index (χ4n) is 2.63. The molecule has 0 amide bonds. The average molecular weight is 399 g/mol. The minimum absolute atomic E-state index is 0.0843. The number of ether oxygens (including phenoxy) is 1. The van der Waals surface area contributed by atoms with E-state index >= 15 is 0 Å². The predicted octanol–water partition coefficient (Wildman–Crippen LogP) is 0.336. The van der Waals surface area contributed by atoms with Gasteiger partial charge in [0.1, 0.15) is 4.90 Å². The Morgan fingerprint density at radius 2 is 1.65 bits per heavy atom. The maximum absolute atomic E-state index is 12.5. The van der Waals surface area contributed by atoms with Gasteiger partial charge in [-0.1, -0.05) is 18.2 Å². The van der Waals surface area contributed by atoms with Crippen molar-refractivity contribution in [3.8, 4) is 0 Å². The molecular formula is C16H21N3O5S2. The summed E-state index contributed by atoms with van der Waals surface area (Å²) >= 11 is 0. The topological polar surface area (TPSA) is 97.7 Å². The molecule has 0 unspecified atom stereocenters. The Labute approximate surface area is 153 Å². The number of morpholine rings is 1. The number of rotatable bonds is 7. The predicted molar refractivity (Wildman–Crippen MR) is 95.9 cm³/mol. The lowest BCUT2D eigenvalue weighted by Crippen LogP contribution is -2.41. The van der Waals surface area contributed by atoms with Gasteiger partial charge in [0.05, 0.1) is 18.1 Å². The first-order valence-corrected chi connectivity index (χ1v) is 11.1. The van der Waals surface area contributed by atoms with Gasteiger partial charge in [0.25, 0.3) is 10.0 Å². The van der Waals surface area contributed by atoms with Crippen molar-refractivity contribution in [2.45, 2.75) is 9.79 Å². The molecule has 1 aliphatic heterocycles. The number of nitrogens with zero attached hydrogens (tertiary/aromatic N) is 2. The highest BCUT2D eigenvalue weighted by atomic mass is 32.2. The summed E-state index contributed by atoms with van der Waals surface area (Å²) in [5.74, 6) is 0. The van der Waals surface area contributed by atoms with Crippen LogP contribution < -0.4 is 4.72 Å². The van der Waals surface area contributed by atoms with Crippen LogP contribution in [0, 0.1) is 0 Å². The molecular weight excluding hydrogens is 378 g/mol. The fraction of sp³-hybridized carbons (Fsp3) is 0.375. The molecule has 0 bridgehead atoms. The van der Waals surface area contributed by atoms with E-state index in [9.17, 15) is 16.8 Å². The lowest BCUT2D eigenvalue weighted by atomic mass is 10.4. The van der Waals surface area contributed by atoms with Crippen molar-refractivity contribution >= 4 is 20.0 Å². The quantitative estimate of drug-likeness (QED) is 0.721. The maximum atomic E-state index is 12.5. The Balaban J connectivity index is 1.68. The lowest BCUT2D eigenvalue weighted by molar-refractivity contribution is 0.0390. The number of benzene rings is 1. The minimum Gasteiger partial charge on any atom is -0.379 e. The van der Waals surface area contributed by atoms with Crippen LogP contribution in [0.1, 0.15) is 0 Å². The number of nitrogens with one attached hydrogen (secondary N) is 1. The van der Waals surface area contributed by atoms with E-state index in [0.717, 1.165) is 23.3 Å². The molecule has 0 saturated carbocycles. The van der Waals surface area contributed by atoms with Crippen LogP contribution in [-0.4, -0.2) is 65.1 Å². The van der Waals surface area contributed by atoms with Crippen LogP contribution >= 0.6 is 0 Å². The largest absolute Gasteiger partial charge is 0.379 e. The van der Waals surface area contributed by atoms with Crippen LogP contribution in [0.2, 0.25) is 0 Å². The van der Waals surface area contributed by atoms with E-state index in [4.69, 9.17) is 4.74 Å². The van der Waals surface area contributed by atoms with Crippen LogP contribution in [-0.2, 0) is 24.8 Å². The van der Waals surface area contributed by atoms with Crippen molar-refractivity contribution in [1.82, 2.24) is 13.6 Å². The SMILES string of the molecule is O=S(=O)(NCCN1CCOCC1)c1ccn(S(=O)(=O)c2ccccc2)c1. The third-order valence-electron chi connectivity index (χ3n) is 4.09. The molecule has 1 aromatic heterocycles. The molecule has 1 saturated heterocycles. The minimum atomic E-state index is -3.81. The Hall–Kier alpha value is -1.72. The van der Waals surface area contributed by atoms with Crippen LogP contribution in [0.4, 0.5) is 0 Å². The molecule has 2 heterocycles. The molecule has 1 aliphatic rings. The van der Waals surface area contributed by atoms with Gasteiger partial charge in [-0.2, -0.15) is 0 Å². The van der Waals surface area contributed by atoms with Gasteiger partial charge in [0.15, 0.2) is 0 Å². The highest BCUT2D eigenvalue weighted by Crippen LogP contribution is 2.17. The highest BCUT2D eigenvalue weighted by Gasteiger charge is 2.21. The second-order valence-corrected chi connectivity index (χ2v) is 9.46. The van der Waals surface area contributed by atoms with Gasteiger partial charge in [0.2, 0.25) is 10.0 Å². The van der Waals surface area contributed by atoms with E-state index in [0.29, 0.717) is 19.8 Å². The van der Waals surface area contributed by atoms with Crippen molar-refractivity contribution in [2.24, 2.45) is 0 Å². The average Bonchev–Trinajstić information content (AvgIpc) is 3.15. The summed E-state index contributed by atoms with van der Waals surface area (Å²) in [6.07, 6.45) is 2.35. The smallest absolute Gasteiger partial charge is 0.267 e. The van der Waals surface area contributed by atoms with Crippen LogP contribution in [0.25, 0.3) is 0 Å². The first-order chi connectivity index (χ1) is 12.4. The molecule has 1 aromatic carbocycles. The lowest BCUT2D eigenvalue weighted by Gasteiger charge is -2.26. The number of hydrogen-bond acceptors (Lipinski definition) is 6. The normalized spacial score (nSPS) is 16.6. The Morgan fingerprint density at radius 3 is 2.35 bits per heavy atom. The van der Waals surface area contributed by atoms with Crippen molar-refractivity contribution in [3.05, 3.63) is 48.8 Å². The summed E-state index contributed by atoms with van der Waals surface area (Å²) < 4.78 is 58.5. The summed E-state index contributed by atoms with van der Waals surface area (Å²) in [7, 11) is -7.59. The third kappa shape index (κ3) is 4.33. The van der Waals surface area contributed by atoms with Gasteiger partial charge in [-0.05, 0) is 18.2 Å². The van der Waals surface area contributed by atoms with Gasteiger partial charge in [-0.15, -0.1) is 0 Å². The zero-order chi connectivity index (χ0) is 18.6. The summed E-state index contributed by atoms with van der Waals surface area (Å²) in [6.45, 7) is 3.66. The van der Waals surface area contributed by atoms with E-state index in [1.165, 1.54) is 24.4 Å². The second-order valence-electron chi connectivity index (χ2n) is 5.85. The molecule has 1 N–H and O–H groups in total. The Morgan fingerprint density at radius 1 is 0.962 bits per heavy atom. The van der Waals surface area contributed by atoms with Crippen molar-refractivity contribution in [3.63, 3.8) is 0 Å². The van der Waals surface area contributed by atoms with E-state index in [1.54, 1.807) is 18.2 Å². The summed E-state index contributed by atoms with van der Waals surface area (Å²) in [5.41, 5.74) is 0. The van der Waals surface area contributed by atoms with E-state index in [1.807, 2.05) is 0 Å². The molecule has 1 fully saturated rings. The van der Waals surface area contributed by atoms with Crippen LogP contribution in [0.5, 0.6) is 0 Å². The standard InChI is InChI=1S/C16H21N3O5S2/c20-25(21,17-7-9-18-10-12-24-13-11-18)16-6-8-19(14-16)26(22,23)15-4-2-1-3-5-15/h1-6,8,14,17H,7,9-13H2. The Kier molecular flexibility index (Phi) is 5.78. The molecule has 0 atom stereocenters. The van der Waals surface area contributed by atoms with Crippen molar-refractivity contribution in [1.29, 1.82) is 0 Å². The number of sulfonamides is 1. The molecule has 0 aliphatic carbocycles. The first-order valence-electron chi connectivity index (χ1n) is 8.18. The van der Waals surface area contributed by atoms with Crippen molar-refractivity contribution < 1.29 is 21.6 Å². The van der Waals surface area contributed by atoms with E-state index < -0.39 is 20.0 Å². The van der Waals surface area contributed by atoms with E-state index in [-0.39, 0.29) is 16.3 Å². The summed E-state index contributed by atoms with van der Waals surface area (Å²) in [5, 5.41) is 0. The van der Waals surface area contributed by atoms with Gasteiger partial charge in [0, 0.05) is 38.6 Å². The molecule has 0 spiro atoms. The highest BCUT2D eigenvalue weighted by molar-refractivity contribution is 7.90. The van der Waals surface area contributed by atoms with Crippen LogP contribution in [0.3, 0.4) is 0 Å². The van der Waals surface area contributed by atoms with Gasteiger partial charge < -0.3 is 4.74 Å². The molecule has 3 rings (SSSR count). The number of hydrogen-bond donors (Lipinski definition) is 1. The molecule has 26 heavy (non-hydrogen) atoms. The zero-order valence-electron chi connectivity index (χ0n) is 14.1. The molecule has 0 radical (unpaired) electrons. The van der Waals surface area contributed by atoms with Gasteiger partial charge >= 0.3 is 0 Å². The fourth-order valence-corrected chi connectivity index (χ4v) is 4.93. The Bertz CT molecular complexity index is 933. The zero-order valence-corrected chi connectivity index (χ0v) is 15.7. The van der Waals surface area contributed by atoms with Crippen molar-refractivity contribution in [2.75, 3.05) is 39.4 Å². The van der Waals surface area contributed by atoms with E-state index in [2.05, 4.69) is 9.62 Å². The second kappa shape index (κ2) is 7.89. The van der Waals surface area contributed by atoms with Gasteiger partial charge in [-0.25, -0.2) is 25.5 Å². The summed E-state index contributed by atoms with van der Waals surface area (Å²) in [4.78, 5) is 2.12. The third-order valence-corrected chi connectivity index (χ3v) is 7.19. The number of aromatic nitrogens is 1. The summed E-state index contributed by atoms with van der Waals surface area (Å²) in [6, 6.07) is 9.14. The monoisotopic (exact) mass is 399 g/mol. The molecule has 10 heteroatoms. The molecule has 142 valence electrons. The van der Waals surface area contributed by atoms with Gasteiger partial charge in [-0.3, -0.25) is 4.90 Å². The molecule has 2 aromatic rings.